The Kier molecular flexibility index (Phi) is 7.39. The number of aromatic hydroxyl groups is 1. The first kappa shape index (κ1) is 27.0. The molecule has 0 aliphatic carbocycles. The molecule has 1 aromatic heterocycles. The van der Waals surface area contributed by atoms with Crippen LogP contribution >= 0.6 is 0 Å². The van der Waals surface area contributed by atoms with Crippen molar-refractivity contribution in [2.75, 3.05) is 13.2 Å². The molecule has 8 nitrogen and oxygen atoms in total. The third-order valence-corrected chi connectivity index (χ3v) is 6.53. The van der Waals surface area contributed by atoms with E-state index in [1.165, 1.54) is 24.3 Å². The molecule has 1 aliphatic heterocycles. The Morgan fingerprint density at radius 3 is 2.45 bits per heavy atom. The zero-order valence-corrected chi connectivity index (χ0v) is 20.9. The van der Waals surface area contributed by atoms with Crippen molar-refractivity contribution in [1.82, 2.24) is 10.2 Å². The number of phenols is 1. The first-order chi connectivity index (χ1) is 18.0. The van der Waals surface area contributed by atoms with Gasteiger partial charge in [0.05, 0.1) is 12.2 Å². The van der Waals surface area contributed by atoms with E-state index in [2.05, 4.69) is 5.32 Å². The summed E-state index contributed by atoms with van der Waals surface area (Å²) in [5, 5.41) is 12.0. The fourth-order valence-electron chi connectivity index (χ4n) is 4.57. The Bertz CT molecular complexity index is 1420. The number of nitrogens with one attached hydrogen (secondary N) is 1. The van der Waals surface area contributed by atoms with Crippen molar-refractivity contribution in [2.24, 2.45) is 0 Å². The van der Waals surface area contributed by atoms with Crippen LogP contribution in [0.2, 0.25) is 0 Å². The third-order valence-electron chi connectivity index (χ3n) is 6.53. The van der Waals surface area contributed by atoms with Gasteiger partial charge in [0.15, 0.2) is 0 Å². The number of carbonyl (C=O) groups excluding carboxylic acids is 2. The number of halogens is 3. The molecule has 202 valence electrons. The summed E-state index contributed by atoms with van der Waals surface area (Å²) < 4.78 is 51.4. The van der Waals surface area contributed by atoms with E-state index in [9.17, 15) is 32.7 Å². The maximum absolute atomic E-state index is 13.5. The number of hydrogen-bond donors (Lipinski definition) is 2. The number of hydrogen-bond acceptors (Lipinski definition) is 6. The number of phenolic OH excluding ortho intramolecular Hbond substituents is 1. The molecule has 3 amide bonds. The van der Waals surface area contributed by atoms with Gasteiger partial charge in [-0.1, -0.05) is 25.5 Å². The van der Waals surface area contributed by atoms with Gasteiger partial charge in [-0.25, -0.2) is 9.59 Å². The Morgan fingerprint density at radius 1 is 1.08 bits per heavy atom. The SMILES string of the molecule is CCCc1c(OCCCCN2C(=O)NC(C)(c3ccc(O)cc3)C2=O)ccc2c(C(F)(F)F)cc(=O)oc12. The van der Waals surface area contributed by atoms with Crippen molar-refractivity contribution in [2.45, 2.75) is 51.2 Å². The minimum absolute atomic E-state index is 0.0439. The van der Waals surface area contributed by atoms with Gasteiger partial charge < -0.3 is 19.6 Å². The first-order valence-electron chi connectivity index (χ1n) is 12.2. The van der Waals surface area contributed by atoms with Crippen molar-refractivity contribution in [1.29, 1.82) is 0 Å². The topological polar surface area (TPSA) is 109 Å². The largest absolute Gasteiger partial charge is 0.508 e. The lowest BCUT2D eigenvalue weighted by Gasteiger charge is -2.22. The summed E-state index contributed by atoms with van der Waals surface area (Å²) in [6, 6.07) is 8.60. The number of urea groups is 1. The van der Waals surface area contributed by atoms with Gasteiger partial charge >= 0.3 is 17.8 Å². The molecule has 0 radical (unpaired) electrons. The van der Waals surface area contributed by atoms with Crippen molar-refractivity contribution < 1.29 is 37.0 Å². The Morgan fingerprint density at radius 2 is 1.79 bits per heavy atom. The zero-order valence-electron chi connectivity index (χ0n) is 20.9. The highest BCUT2D eigenvalue weighted by Gasteiger charge is 2.48. The van der Waals surface area contributed by atoms with E-state index in [0.717, 1.165) is 4.90 Å². The molecule has 2 aromatic carbocycles. The van der Waals surface area contributed by atoms with Crippen LogP contribution in [0.1, 0.15) is 49.8 Å². The van der Waals surface area contributed by atoms with Gasteiger partial charge in [-0.05, 0) is 56.0 Å². The van der Waals surface area contributed by atoms with Gasteiger partial charge in [0.2, 0.25) is 0 Å². The highest BCUT2D eigenvalue weighted by atomic mass is 19.4. The van der Waals surface area contributed by atoms with Crippen LogP contribution in [0.4, 0.5) is 18.0 Å². The van der Waals surface area contributed by atoms with Gasteiger partial charge in [0.25, 0.3) is 5.91 Å². The van der Waals surface area contributed by atoms with Crippen LogP contribution in [0.25, 0.3) is 11.0 Å². The predicted octanol–water partition coefficient (Wildman–Crippen LogP) is 5.10. The lowest BCUT2D eigenvalue weighted by atomic mass is 9.92. The first-order valence-corrected chi connectivity index (χ1v) is 12.2. The van der Waals surface area contributed by atoms with Crippen LogP contribution < -0.4 is 15.7 Å². The van der Waals surface area contributed by atoms with Gasteiger partial charge in [-0.2, -0.15) is 13.2 Å². The summed E-state index contributed by atoms with van der Waals surface area (Å²) in [5.41, 5.74) is -2.61. The molecule has 4 rings (SSSR count). The molecule has 1 saturated heterocycles. The molecule has 1 unspecified atom stereocenters. The molecular formula is C27H27F3N2O6. The standard InChI is InChI=1S/C27H27F3N2O6/c1-3-6-19-21(12-11-18-20(27(28,29)30)15-22(34)38-23(18)19)37-14-5-4-13-32-24(35)26(2,31-25(32)36)16-7-9-17(33)10-8-16/h7-12,15,33H,3-6,13-14H2,1-2H3,(H,31,36). The molecule has 2 heterocycles. The van der Waals surface area contributed by atoms with Crippen molar-refractivity contribution in [3.05, 3.63) is 69.6 Å². The van der Waals surface area contributed by atoms with Crippen LogP contribution in [0.15, 0.2) is 51.7 Å². The van der Waals surface area contributed by atoms with Crippen LogP contribution in [-0.2, 0) is 22.9 Å². The minimum Gasteiger partial charge on any atom is -0.508 e. The van der Waals surface area contributed by atoms with E-state index in [1.807, 2.05) is 6.92 Å². The van der Waals surface area contributed by atoms with E-state index < -0.39 is 34.8 Å². The van der Waals surface area contributed by atoms with E-state index in [1.54, 1.807) is 19.1 Å². The Labute approximate surface area is 216 Å². The lowest BCUT2D eigenvalue weighted by Crippen LogP contribution is -2.40. The second-order valence-electron chi connectivity index (χ2n) is 9.26. The molecule has 0 saturated carbocycles. The maximum Gasteiger partial charge on any atom is 0.417 e. The summed E-state index contributed by atoms with van der Waals surface area (Å²) in [4.78, 5) is 38.5. The van der Waals surface area contributed by atoms with E-state index in [-0.39, 0.29) is 29.9 Å². The number of amides is 3. The number of imide groups is 1. The summed E-state index contributed by atoms with van der Waals surface area (Å²) in [6.45, 7) is 3.76. The number of aryl methyl sites for hydroxylation is 1. The van der Waals surface area contributed by atoms with Gasteiger partial charge in [0.1, 0.15) is 22.6 Å². The average Bonchev–Trinajstić information content (AvgIpc) is 3.08. The molecule has 3 aromatic rings. The number of rotatable bonds is 9. The summed E-state index contributed by atoms with van der Waals surface area (Å²) in [6.07, 6.45) is -2.91. The second-order valence-corrected chi connectivity index (χ2v) is 9.26. The summed E-state index contributed by atoms with van der Waals surface area (Å²) in [7, 11) is 0. The van der Waals surface area contributed by atoms with E-state index >= 15 is 0 Å². The molecule has 1 aliphatic rings. The average molecular weight is 533 g/mol. The smallest absolute Gasteiger partial charge is 0.417 e. The van der Waals surface area contributed by atoms with Gasteiger partial charge in [-0.3, -0.25) is 9.69 Å². The molecule has 1 atom stereocenters. The van der Waals surface area contributed by atoms with Crippen LogP contribution in [0, 0.1) is 0 Å². The van der Waals surface area contributed by atoms with E-state index in [0.29, 0.717) is 48.6 Å². The fourth-order valence-corrected chi connectivity index (χ4v) is 4.57. The molecular weight excluding hydrogens is 505 g/mol. The molecule has 0 bridgehead atoms. The molecule has 11 heteroatoms. The predicted molar refractivity (Wildman–Crippen MR) is 132 cm³/mol. The van der Waals surface area contributed by atoms with Gasteiger partial charge in [0, 0.05) is 23.6 Å². The Balaban J connectivity index is 1.42. The summed E-state index contributed by atoms with van der Waals surface area (Å²) in [5.74, 6) is -0.0523. The quantitative estimate of drug-likeness (QED) is 0.226. The number of fused-ring (bicyclic) bond motifs is 1. The normalized spacial score (nSPS) is 17.8. The van der Waals surface area contributed by atoms with E-state index in [4.69, 9.17) is 9.15 Å². The number of ether oxygens (including phenoxy) is 1. The minimum atomic E-state index is -4.71. The van der Waals surface area contributed by atoms with Crippen molar-refractivity contribution in [3.8, 4) is 11.5 Å². The van der Waals surface area contributed by atoms with Gasteiger partial charge in [-0.15, -0.1) is 0 Å². The number of benzene rings is 2. The van der Waals surface area contributed by atoms with Crippen molar-refractivity contribution >= 4 is 22.9 Å². The fraction of sp³-hybridized carbons (Fsp3) is 0.370. The lowest BCUT2D eigenvalue weighted by molar-refractivity contribution is -0.136. The number of carbonyl (C=O) groups is 2. The van der Waals surface area contributed by atoms with Crippen LogP contribution in [0.3, 0.4) is 0 Å². The van der Waals surface area contributed by atoms with Crippen molar-refractivity contribution in [3.63, 3.8) is 0 Å². The Hall–Kier alpha value is -4.02. The molecule has 1 fully saturated rings. The molecule has 38 heavy (non-hydrogen) atoms. The number of nitrogens with zero attached hydrogens (tertiary/aromatic N) is 1. The molecule has 0 spiro atoms. The van der Waals surface area contributed by atoms with Crippen LogP contribution in [0.5, 0.6) is 11.5 Å². The summed E-state index contributed by atoms with van der Waals surface area (Å²) >= 11 is 0. The monoisotopic (exact) mass is 532 g/mol. The number of alkyl halides is 3. The third kappa shape index (κ3) is 5.18. The number of unbranched alkanes of at least 4 members (excludes halogenated alkanes) is 1. The molecule has 2 N–H and O–H groups in total. The van der Waals surface area contributed by atoms with Crippen LogP contribution in [-0.4, -0.2) is 35.1 Å². The maximum atomic E-state index is 13.5. The highest BCUT2D eigenvalue weighted by molar-refractivity contribution is 6.07. The second kappa shape index (κ2) is 10.4. The highest BCUT2D eigenvalue weighted by Crippen LogP contribution is 2.37. The zero-order chi connectivity index (χ0) is 27.7.